The van der Waals surface area contributed by atoms with E-state index in [-0.39, 0.29) is 28.0 Å². The number of halogens is 1. The van der Waals surface area contributed by atoms with Gasteiger partial charge in [-0.2, -0.15) is 0 Å². The second-order valence-corrected chi connectivity index (χ2v) is 13.1. The molecule has 4 aromatic rings. The van der Waals surface area contributed by atoms with Gasteiger partial charge in [-0.1, -0.05) is 59.3 Å². The third-order valence-corrected chi connectivity index (χ3v) is 11.6. The summed E-state index contributed by atoms with van der Waals surface area (Å²) in [5.74, 6) is 1.88. The zero-order valence-electron chi connectivity index (χ0n) is 20.9. The molecule has 1 aliphatic heterocycles. The molecule has 9 heteroatoms. The minimum absolute atomic E-state index is 0.0278. The molecule has 7 rings (SSSR count). The fourth-order valence-corrected chi connectivity index (χ4v) is 10.2. The van der Waals surface area contributed by atoms with Crippen molar-refractivity contribution in [3.8, 4) is 11.4 Å². The molecule has 2 heterocycles. The fourth-order valence-electron chi connectivity index (χ4n) is 6.85. The third-order valence-electron chi connectivity index (χ3n) is 8.51. The van der Waals surface area contributed by atoms with Gasteiger partial charge in [-0.15, -0.1) is 11.8 Å². The maximum absolute atomic E-state index is 13.5. The van der Waals surface area contributed by atoms with Crippen LogP contribution in [0, 0.1) is 27.9 Å². The number of benzene rings is 3. The SMILES string of the molecule is O=c1sc2c(n1-c1ccccc1)S[C@H]1[C@H]3CC[C@H](C3)[C@@H]1[C@@H]2c1cc([N+](=O)[O-])ccc1OCc1ccccc1Cl. The van der Waals surface area contributed by atoms with Gasteiger partial charge in [0.05, 0.1) is 15.6 Å². The third kappa shape index (κ3) is 4.20. The molecule has 0 radical (unpaired) electrons. The molecule has 5 atom stereocenters. The molecule has 0 amide bonds. The van der Waals surface area contributed by atoms with Gasteiger partial charge in [-0.3, -0.25) is 19.5 Å². The van der Waals surface area contributed by atoms with Crippen molar-refractivity contribution in [3.63, 3.8) is 0 Å². The van der Waals surface area contributed by atoms with Crippen LogP contribution in [0.3, 0.4) is 0 Å². The molecule has 0 N–H and O–H groups in total. The van der Waals surface area contributed by atoms with Gasteiger partial charge in [0.25, 0.3) is 5.69 Å². The molecule has 6 nitrogen and oxygen atoms in total. The number of fused-ring (bicyclic) bond motifs is 6. The van der Waals surface area contributed by atoms with Crippen molar-refractivity contribution in [2.75, 3.05) is 0 Å². The van der Waals surface area contributed by atoms with Crippen LogP contribution in [0.25, 0.3) is 5.69 Å². The number of nitro groups is 1. The molecule has 1 aromatic heterocycles. The number of thioether (sulfide) groups is 1. The van der Waals surface area contributed by atoms with E-state index in [4.69, 9.17) is 16.3 Å². The van der Waals surface area contributed by atoms with E-state index in [1.165, 1.54) is 30.2 Å². The van der Waals surface area contributed by atoms with Crippen LogP contribution < -0.4 is 9.61 Å². The lowest BCUT2D eigenvalue weighted by atomic mass is 9.74. The molecule has 39 heavy (non-hydrogen) atoms. The Kier molecular flexibility index (Phi) is 6.29. The standard InChI is InChI=1S/C30H25ClN2O4S2/c31-23-9-5-4-6-19(23)16-37-24-13-12-21(33(35)36)15-22(24)26-25-17-10-11-18(14-17)27(25)38-29-28(26)39-30(34)32(29)20-7-2-1-3-8-20/h1-9,12-13,15,17-18,25-27H,10-11,14,16H2/t17-,18+,25-,26+,27+/m1/s1. The van der Waals surface area contributed by atoms with Gasteiger partial charge in [0, 0.05) is 44.3 Å². The van der Waals surface area contributed by atoms with Crippen molar-refractivity contribution in [2.45, 2.75) is 42.1 Å². The van der Waals surface area contributed by atoms with Crippen molar-refractivity contribution in [1.29, 1.82) is 0 Å². The molecule has 3 aliphatic rings. The molecular weight excluding hydrogens is 552 g/mol. The van der Waals surface area contributed by atoms with E-state index in [0.717, 1.165) is 33.1 Å². The maximum atomic E-state index is 13.5. The number of thiazole rings is 1. The van der Waals surface area contributed by atoms with E-state index in [9.17, 15) is 14.9 Å². The van der Waals surface area contributed by atoms with Crippen molar-refractivity contribution in [3.05, 3.63) is 114 Å². The normalized spacial score (nSPS) is 24.8. The van der Waals surface area contributed by atoms with Gasteiger partial charge in [0.1, 0.15) is 12.4 Å². The second-order valence-electron chi connectivity index (χ2n) is 10.5. The molecule has 0 spiro atoms. The Morgan fingerprint density at radius 1 is 1.03 bits per heavy atom. The average Bonchev–Trinajstić information content (AvgIpc) is 3.65. The first-order valence-corrected chi connectivity index (χ1v) is 15.2. The number of hydrogen-bond acceptors (Lipinski definition) is 6. The number of non-ortho nitro benzene ring substituents is 1. The first-order valence-electron chi connectivity index (χ1n) is 13.1. The van der Waals surface area contributed by atoms with Gasteiger partial charge in [0.15, 0.2) is 0 Å². The summed E-state index contributed by atoms with van der Waals surface area (Å²) in [6, 6.07) is 22.2. The summed E-state index contributed by atoms with van der Waals surface area (Å²) in [4.78, 5) is 26.0. The lowest BCUT2D eigenvalue weighted by molar-refractivity contribution is -0.385. The van der Waals surface area contributed by atoms with Crippen LogP contribution in [-0.2, 0) is 6.61 Å². The monoisotopic (exact) mass is 576 g/mol. The van der Waals surface area contributed by atoms with Gasteiger partial charge >= 0.3 is 4.87 Å². The molecule has 2 fully saturated rings. The molecule has 0 unspecified atom stereocenters. The highest BCUT2D eigenvalue weighted by molar-refractivity contribution is 8.00. The number of hydrogen-bond donors (Lipinski definition) is 0. The van der Waals surface area contributed by atoms with E-state index in [2.05, 4.69) is 0 Å². The zero-order chi connectivity index (χ0) is 26.7. The maximum Gasteiger partial charge on any atom is 0.312 e. The summed E-state index contributed by atoms with van der Waals surface area (Å²) in [5.41, 5.74) is 2.52. The quantitative estimate of drug-likeness (QED) is 0.174. The second kappa shape index (κ2) is 9.84. The molecule has 0 saturated heterocycles. The van der Waals surface area contributed by atoms with E-state index in [0.29, 0.717) is 33.8 Å². The van der Waals surface area contributed by atoms with Crippen LogP contribution in [-0.4, -0.2) is 14.7 Å². The first kappa shape index (κ1) is 24.9. The number of nitrogens with zero attached hydrogens (tertiary/aromatic N) is 2. The lowest BCUT2D eigenvalue weighted by Crippen LogP contribution is -2.34. The number of para-hydroxylation sites is 1. The lowest BCUT2D eigenvalue weighted by Gasteiger charge is -2.40. The van der Waals surface area contributed by atoms with Crippen molar-refractivity contribution >= 4 is 40.4 Å². The first-order chi connectivity index (χ1) is 19.0. The summed E-state index contributed by atoms with van der Waals surface area (Å²) in [6.07, 6.45) is 3.54. The van der Waals surface area contributed by atoms with Crippen LogP contribution in [0.4, 0.5) is 5.69 Å². The highest BCUT2D eigenvalue weighted by Gasteiger charge is 2.56. The van der Waals surface area contributed by atoms with Crippen molar-refractivity contribution in [1.82, 2.24) is 4.57 Å². The number of nitro benzene ring substituents is 1. The summed E-state index contributed by atoms with van der Waals surface area (Å²) < 4.78 is 8.20. The number of ether oxygens (including phenoxy) is 1. The van der Waals surface area contributed by atoms with Crippen LogP contribution in [0.5, 0.6) is 5.75 Å². The van der Waals surface area contributed by atoms with Crippen LogP contribution in [0.2, 0.25) is 5.02 Å². The molecule has 2 saturated carbocycles. The Labute approximate surface area is 238 Å². The highest BCUT2D eigenvalue weighted by Crippen LogP contribution is 2.65. The van der Waals surface area contributed by atoms with Gasteiger partial charge in [-0.25, -0.2) is 0 Å². The molecule has 3 aromatic carbocycles. The van der Waals surface area contributed by atoms with E-state index >= 15 is 0 Å². The highest BCUT2D eigenvalue weighted by atomic mass is 35.5. The van der Waals surface area contributed by atoms with Gasteiger partial charge in [0.2, 0.25) is 0 Å². The molecule has 198 valence electrons. The summed E-state index contributed by atoms with van der Waals surface area (Å²) >= 11 is 9.51. The van der Waals surface area contributed by atoms with Crippen molar-refractivity contribution in [2.24, 2.45) is 17.8 Å². The minimum atomic E-state index is -0.351. The van der Waals surface area contributed by atoms with Crippen molar-refractivity contribution < 1.29 is 9.66 Å². The Hall–Kier alpha value is -3.07. The van der Waals surface area contributed by atoms with Crippen LogP contribution in [0.1, 0.15) is 41.2 Å². The predicted octanol–water partition coefficient (Wildman–Crippen LogP) is 7.69. The van der Waals surface area contributed by atoms with Gasteiger partial charge in [-0.05, 0) is 61.3 Å². The van der Waals surface area contributed by atoms with Gasteiger partial charge < -0.3 is 4.74 Å². The molecular formula is C30H25ClN2O4S2. The van der Waals surface area contributed by atoms with Crippen LogP contribution >= 0.6 is 34.7 Å². The Balaban J connectivity index is 1.39. The largest absolute Gasteiger partial charge is 0.489 e. The Morgan fingerprint density at radius 2 is 1.79 bits per heavy atom. The summed E-state index contributed by atoms with van der Waals surface area (Å²) in [6.45, 7) is 0.250. The number of rotatable bonds is 6. The Morgan fingerprint density at radius 3 is 2.59 bits per heavy atom. The molecule has 2 aliphatic carbocycles. The fraction of sp³-hybridized carbons (Fsp3) is 0.300. The topological polar surface area (TPSA) is 74.4 Å². The number of aromatic nitrogens is 1. The van der Waals surface area contributed by atoms with E-state index in [1.807, 2.05) is 70.9 Å². The smallest absolute Gasteiger partial charge is 0.312 e. The van der Waals surface area contributed by atoms with E-state index < -0.39 is 0 Å². The summed E-state index contributed by atoms with van der Waals surface area (Å²) in [5, 5.41) is 13.9. The average molecular weight is 577 g/mol. The zero-order valence-corrected chi connectivity index (χ0v) is 23.3. The van der Waals surface area contributed by atoms with E-state index in [1.54, 1.807) is 12.1 Å². The van der Waals surface area contributed by atoms with Crippen LogP contribution in [0.15, 0.2) is 82.6 Å². The Bertz CT molecular complexity index is 1640. The summed E-state index contributed by atoms with van der Waals surface area (Å²) in [7, 11) is 0. The predicted molar refractivity (Wildman–Crippen MR) is 155 cm³/mol. The molecule has 2 bridgehead atoms. The minimum Gasteiger partial charge on any atom is -0.489 e.